The molecule has 0 saturated heterocycles. The highest BCUT2D eigenvalue weighted by atomic mass is 16.6. The first kappa shape index (κ1) is 16.5. The second kappa shape index (κ2) is 5.53. The molecule has 0 amide bonds. The van der Waals surface area contributed by atoms with Crippen molar-refractivity contribution in [2.24, 2.45) is 17.3 Å². The quantitative estimate of drug-likeness (QED) is 0.617. The zero-order chi connectivity index (χ0) is 17.8. The molecule has 0 aliphatic heterocycles. The number of carbonyl (C=O) groups is 1. The number of carbonyl (C=O) groups excluding carboxylic acids is 1. The van der Waals surface area contributed by atoms with Crippen molar-refractivity contribution in [2.75, 3.05) is 0 Å². The number of aryl methyl sites for hydroxylation is 1. The van der Waals surface area contributed by atoms with Gasteiger partial charge in [0.05, 0.1) is 0 Å². The first-order chi connectivity index (χ1) is 11.9. The van der Waals surface area contributed by atoms with Gasteiger partial charge in [0.15, 0.2) is 5.60 Å². The molecule has 1 N–H and O–H groups in total. The van der Waals surface area contributed by atoms with Crippen LogP contribution in [0.5, 0.6) is 5.75 Å². The number of rotatable bonds is 1. The first-order valence-corrected chi connectivity index (χ1v) is 9.39. The Hall–Kier alpha value is -1.95. The van der Waals surface area contributed by atoms with E-state index in [0.717, 1.165) is 38.5 Å². The summed E-state index contributed by atoms with van der Waals surface area (Å²) >= 11 is 0. The van der Waals surface area contributed by atoms with Crippen molar-refractivity contribution in [2.45, 2.75) is 63.9 Å². The van der Waals surface area contributed by atoms with Gasteiger partial charge in [0.25, 0.3) is 0 Å². The largest absolute Gasteiger partial charge is 0.508 e. The zero-order valence-corrected chi connectivity index (χ0v) is 15.0. The van der Waals surface area contributed by atoms with E-state index in [-0.39, 0.29) is 11.4 Å². The topological polar surface area (TPSA) is 46.5 Å². The molecule has 0 heterocycles. The lowest BCUT2D eigenvalue weighted by Gasteiger charge is -2.52. The minimum absolute atomic E-state index is 0.136. The molecule has 132 valence electrons. The SMILES string of the molecule is C#C[C@]1(OC(C)=O)CC[C@H]2[C@@H]3CCc4cc(O)ccc4[C@H]3CC[C@@]21C. The summed E-state index contributed by atoms with van der Waals surface area (Å²) < 4.78 is 5.78. The third-order valence-electron chi connectivity index (χ3n) is 7.38. The van der Waals surface area contributed by atoms with Crippen LogP contribution >= 0.6 is 0 Å². The van der Waals surface area contributed by atoms with Crippen molar-refractivity contribution in [1.29, 1.82) is 0 Å². The Balaban J connectivity index is 1.70. The van der Waals surface area contributed by atoms with Crippen LogP contribution in [-0.4, -0.2) is 16.7 Å². The van der Waals surface area contributed by atoms with E-state index in [9.17, 15) is 9.90 Å². The number of aromatic hydroxyl groups is 1. The smallest absolute Gasteiger partial charge is 0.304 e. The van der Waals surface area contributed by atoms with Gasteiger partial charge in [0, 0.05) is 12.3 Å². The molecule has 2 fully saturated rings. The molecule has 0 spiro atoms. The number of benzene rings is 1. The molecule has 0 aromatic heterocycles. The Morgan fingerprint density at radius 3 is 2.84 bits per heavy atom. The summed E-state index contributed by atoms with van der Waals surface area (Å²) in [4.78, 5) is 11.7. The van der Waals surface area contributed by atoms with E-state index in [1.807, 2.05) is 12.1 Å². The molecule has 2 saturated carbocycles. The highest BCUT2D eigenvalue weighted by Gasteiger charge is 2.63. The summed E-state index contributed by atoms with van der Waals surface area (Å²) in [6.45, 7) is 3.71. The van der Waals surface area contributed by atoms with Gasteiger partial charge >= 0.3 is 5.97 Å². The molecule has 25 heavy (non-hydrogen) atoms. The van der Waals surface area contributed by atoms with Crippen molar-refractivity contribution >= 4 is 5.97 Å². The van der Waals surface area contributed by atoms with Crippen LogP contribution in [0.2, 0.25) is 0 Å². The lowest BCUT2D eigenvalue weighted by Crippen LogP contribution is -2.52. The molecule has 3 aliphatic carbocycles. The molecular weight excluding hydrogens is 312 g/mol. The van der Waals surface area contributed by atoms with Gasteiger partial charge < -0.3 is 9.84 Å². The van der Waals surface area contributed by atoms with Crippen LogP contribution in [0.25, 0.3) is 0 Å². The number of ether oxygens (including phenoxy) is 1. The maximum atomic E-state index is 11.7. The highest BCUT2D eigenvalue weighted by molar-refractivity contribution is 5.67. The lowest BCUT2D eigenvalue weighted by atomic mass is 9.53. The zero-order valence-electron chi connectivity index (χ0n) is 15.0. The van der Waals surface area contributed by atoms with E-state index in [1.165, 1.54) is 18.1 Å². The molecule has 1 aromatic rings. The molecule has 5 atom stereocenters. The minimum atomic E-state index is -0.746. The van der Waals surface area contributed by atoms with Crippen LogP contribution < -0.4 is 0 Å². The van der Waals surface area contributed by atoms with Crippen LogP contribution in [0.1, 0.15) is 63.0 Å². The van der Waals surface area contributed by atoms with Crippen LogP contribution in [0.15, 0.2) is 18.2 Å². The van der Waals surface area contributed by atoms with Crippen molar-refractivity contribution in [1.82, 2.24) is 0 Å². The third-order valence-corrected chi connectivity index (χ3v) is 7.38. The maximum absolute atomic E-state index is 11.7. The van der Waals surface area contributed by atoms with Gasteiger partial charge in [-0.1, -0.05) is 18.9 Å². The highest BCUT2D eigenvalue weighted by Crippen LogP contribution is 2.65. The molecule has 1 aromatic carbocycles. The van der Waals surface area contributed by atoms with Gasteiger partial charge in [-0.25, -0.2) is 0 Å². The Morgan fingerprint density at radius 1 is 1.32 bits per heavy atom. The van der Waals surface area contributed by atoms with Gasteiger partial charge in [-0.15, -0.1) is 6.42 Å². The van der Waals surface area contributed by atoms with E-state index in [4.69, 9.17) is 11.2 Å². The Bertz CT molecular complexity index is 761. The Morgan fingerprint density at radius 2 is 2.12 bits per heavy atom. The van der Waals surface area contributed by atoms with Crippen molar-refractivity contribution in [3.63, 3.8) is 0 Å². The van der Waals surface area contributed by atoms with Gasteiger partial charge in [0.1, 0.15) is 5.75 Å². The van der Waals surface area contributed by atoms with Crippen molar-refractivity contribution in [3.05, 3.63) is 29.3 Å². The minimum Gasteiger partial charge on any atom is -0.508 e. The summed E-state index contributed by atoms with van der Waals surface area (Å²) in [7, 11) is 0. The summed E-state index contributed by atoms with van der Waals surface area (Å²) in [6, 6.07) is 5.85. The van der Waals surface area contributed by atoms with E-state index in [1.54, 1.807) is 0 Å². The second-order valence-electron chi connectivity index (χ2n) is 8.36. The number of fused-ring (bicyclic) bond motifs is 5. The molecule has 0 radical (unpaired) electrons. The second-order valence-corrected chi connectivity index (χ2v) is 8.36. The fourth-order valence-electron chi connectivity index (χ4n) is 6.25. The fourth-order valence-corrected chi connectivity index (χ4v) is 6.25. The first-order valence-electron chi connectivity index (χ1n) is 9.39. The molecule has 3 heteroatoms. The summed E-state index contributed by atoms with van der Waals surface area (Å²) in [5.74, 6) is 4.59. The number of hydrogen-bond donors (Lipinski definition) is 1. The summed E-state index contributed by atoms with van der Waals surface area (Å²) in [5.41, 5.74) is 1.82. The number of terminal acetylenes is 1. The van der Waals surface area contributed by atoms with Gasteiger partial charge in [-0.2, -0.15) is 0 Å². The predicted octanol–water partition coefficient (Wildman–Crippen LogP) is 4.18. The van der Waals surface area contributed by atoms with E-state index >= 15 is 0 Å². The van der Waals surface area contributed by atoms with E-state index < -0.39 is 5.60 Å². The predicted molar refractivity (Wildman–Crippen MR) is 96.1 cm³/mol. The molecule has 0 bridgehead atoms. The summed E-state index contributed by atoms with van der Waals surface area (Å²) in [6.07, 6.45) is 11.9. The molecule has 3 aliphatic rings. The molecule has 4 rings (SSSR count). The monoisotopic (exact) mass is 338 g/mol. The van der Waals surface area contributed by atoms with E-state index in [0.29, 0.717) is 23.5 Å². The Kier molecular flexibility index (Phi) is 3.65. The number of phenolic OH excluding ortho intramolecular Hbond substituents is 1. The average molecular weight is 338 g/mol. The third kappa shape index (κ3) is 2.23. The normalized spacial score (nSPS) is 38.8. The fraction of sp³-hybridized carbons (Fsp3) is 0.591. The van der Waals surface area contributed by atoms with Crippen LogP contribution in [-0.2, 0) is 16.0 Å². The Labute approximate surface area is 149 Å². The molecular formula is C22H26O3. The number of phenols is 1. The van der Waals surface area contributed by atoms with Crippen LogP contribution in [0.4, 0.5) is 0 Å². The van der Waals surface area contributed by atoms with Gasteiger partial charge in [0.2, 0.25) is 0 Å². The maximum Gasteiger partial charge on any atom is 0.304 e. The van der Waals surface area contributed by atoms with Crippen LogP contribution in [0.3, 0.4) is 0 Å². The van der Waals surface area contributed by atoms with Gasteiger partial charge in [-0.05, 0) is 79.5 Å². The summed E-state index contributed by atoms with van der Waals surface area (Å²) in [5, 5.41) is 9.79. The lowest BCUT2D eigenvalue weighted by molar-refractivity contribution is -0.165. The van der Waals surface area contributed by atoms with Crippen molar-refractivity contribution in [3.8, 4) is 18.1 Å². The van der Waals surface area contributed by atoms with Crippen molar-refractivity contribution < 1.29 is 14.6 Å². The standard InChI is InChI=1S/C22H26O3/c1-4-22(25-14(2)23)12-10-20-19-7-5-15-13-16(24)6-8-17(15)18(19)9-11-21(20,22)3/h1,6,8,13,18-20,24H,5,7,9-12H2,2-3H3/t18-,19-,20+,21+,22+/m1/s1. The van der Waals surface area contributed by atoms with Gasteiger partial charge in [-0.3, -0.25) is 4.79 Å². The average Bonchev–Trinajstić information content (AvgIpc) is 2.87. The van der Waals surface area contributed by atoms with E-state index in [2.05, 4.69) is 18.9 Å². The number of hydrogen-bond acceptors (Lipinski definition) is 3. The molecule has 0 unspecified atom stereocenters. The number of esters is 1. The van der Waals surface area contributed by atoms with Crippen LogP contribution in [0, 0.1) is 29.6 Å². The molecule has 3 nitrogen and oxygen atoms in total.